The van der Waals surface area contributed by atoms with Crippen molar-refractivity contribution in [2.45, 2.75) is 76.9 Å². The van der Waals surface area contributed by atoms with Crippen LogP contribution in [-0.2, 0) is 104 Å². The van der Waals surface area contributed by atoms with E-state index in [1.54, 1.807) is 51.3 Å². The first-order valence-corrected chi connectivity index (χ1v) is 32.9. The number of ether oxygens (including phenoxy) is 8. The lowest BCUT2D eigenvalue weighted by molar-refractivity contribution is -0.442. The van der Waals surface area contributed by atoms with E-state index in [1.165, 1.54) is 19.2 Å². The second-order valence-corrected chi connectivity index (χ2v) is 26.4. The van der Waals surface area contributed by atoms with Gasteiger partial charge in [-0.15, -0.1) is 0 Å². The zero-order chi connectivity index (χ0) is 62.8. The van der Waals surface area contributed by atoms with Crippen molar-refractivity contribution in [3.05, 3.63) is 83.6 Å². The number of hydrogen-bond donors (Lipinski definition) is 0. The molecular formula is C56H68N3O23S4-3. The smallest absolute Gasteiger partial charge is 0.230 e. The van der Waals surface area contributed by atoms with Gasteiger partial charge in [-0.25, -0.2) is 33.7 Å². The Hall–Kier alpha value is -5.52. The molecule has 1 atom stereocenters. The molecule has 472 valence electrons. The molecule has 1 unspecified atom stereocenters. The number of carbonyl (C=O) groups excluding carboxylic acids is 3. The Balaban J connectivity index is 1.23. The molecule has 3 aliphatic rings. The molecule has 0 bridgehead atoms. The number of methoxy groups -OCH3 is 2. The third-order valence-corrected chi connectivity index (χ3v) is 18.2. The largest absolute Gasteiger partial charge is 0.744 e. The first-order chi connectivity index (χ1) is 40.5. The van der Waals surface area contributed by atoms with Gasteiger partial charge in [0.1, 0.15) is 53.7 Å². The molecular weight excluding hydrogens is 1210 g/mol. The number of amides is 2. The number of Topliss-reactive ketones (excluding diaryl/α,β-unsaturated/α-hetero) is 1. The maximum absolute atomic E-state index is 12.8. The maximum atomic E-state index is 12.8. The van der Waals surface area contributed by atoms with Crippen LogP contribution >= 0.6 is 0 Å². The van der Waals surface area contributed by atoms with Crippen LogP contribution in [0.1, 0.15) is 57.6 Å². The van der Waals surface area contributed by atoms with Crippen molar-refractivity contribution in [3.8, 4) is 0 Å². The van der Waals surface area contributed by atoms with Gasteiger partial charge in [0.15, 0.2) is 18.0 Å². The zero-order valence-corrected chi connectivity index (χ0v) is 51.3. The number of fused-ring (bicyclic) bond motifs is 6. The minimum absolute atomic E-state index is 0.00114. The molecule has 7 rings (SSSR count). The van der Waals surface area contributed by atoms with Crippen LogP contribution in [-0.4, -0.2) is 211 Å². The van der Waals surface area contributed by atoms with Gasteiger partial charge < -0.3 is 61.0 Å². The number of benzene rings is 4. The molecule has 3 heterocycles. The first kappa shape index (κ1) is 68.0. The van der Waals surface area contributed by atoms with Crippen LogP contribution in [0.15, 0.2) is 92.0 Å². The van der Waals surface area contributed by atoms with Crippen molar-refractivity contribution in [2.75, 3.05) is 131 Å². The Morgan fingerprint density at radius 2 is 1.08 bits per heavy atom. The summed E-state index contributed by atoms with van der Waals surface area (Å²) in [5, 5.41) is -0.264. The number of anilines is 1. The number of hydrogen-bond acceptors (Lipinski definition) is 24. The normalized spacial score (nSPS) is 17.8. The van der Waals surface area contributed by atoms with Gasteiger partial charge in [-0.2, -0.15) is 4.58 Å². The molecule has 86 heavy (non-hydrogen) atoms. The summed E-state index contributed by atoms with van der Waals surface area (Å²) in [4.78, 5) is 35.0. The van der Waals surface area contributed by atoms with E-state index in [2.05, 4.69) is 0 Å². The fourth-order valence-corrected chi connectivity index (χ4v) is 13.5. The molecule has 0 saturated carbocycles. The third-order valence-electron chi connectivity index (χ3n) is 14.9. The van der Waals surface area contributed by atoms with E-state index in [0.717, 1.165) is 17.0 Å². The Morgan fingerprint density at radius 1 is 0.581 bits per heavy atom. The van der Waals surface area contributed by atoms with Crippen LogP contribution in [0.25, 0.3) is 21.5 Å². The van der Waals surface area contributed by atoms with Gasteiger partial charge in [0, 0.05) is 93.3 Å². The summed E-state index contributed by atoms with van der Waals surface area (Å²) in [5.74, 6) is -1.21. The molecule has 30 heteroatoms. The molecule has 0 aliphatic carbocycles. The van der Waals surface area contributed by atoms with Crippen molar-refractivity contribution in [1.82, 2.24) is 4.90 Å². The van der Waals surface area contributed by atoms with Crippen molar-refractivity contribution in [2.24, 2.45) is 0 Å². The first-order valence-electron chi connectivity index (χ1n) is 27.2. The second kappa shape index (κ2) is 28.8. The summed E-state index contributed by atoms with van der Waals surface area (Å²) in [6.45, 7) is 7.65. The highest BCUT2D eigenvalue weighted by Crippen LogP contribution is 2.54. The van der Waals surface area contributed by atoms with Crippen LogP contribution in [0, 0.1) is 0 Å². The van der Waals surface area contributed by atoms with Crippen LogP contribution in [0.3, 0.4) is 0 Å². The number of nitrogens with zero attached hydrogens (tertiary/aromatic N) is 3. The number of imide groups is 1. The lowest BCUT2D eigenvalue weighted by atomic mass is 9.76. The summed E-state index contributed by atoms with van der Waals surface area (Å²) in [7, 11) is -18.4. The SMILES string of the molecule is COCCOCCOCCOCCC1(C)C(=CC=CC2=[N+](CCOCCOCCCOCC(=O)CN3C(=O)CCC3=O)c3ccc4c(S(=O)(=O)[O-])cc(S(=O)(=O)[O-])cc4c3C2(C)C)N(CCOC)c2ccc3c(S(=O)(=O)[O-])cc(S(=O)(=O)[O-])cc3c21. The van der Waals surface area contributed by atoms with Crippen molar-refractivity contribution >= 4 is 96.7 Å². The van der Waals surface area contributed by atoms with E-state index in [9.17, 15) is 66.3 Å². The fourth-order valence-electron chi connectivity index (χ4n) is 10.9. The molecule has 0 radical (unpaired) electrons. The summed E-state index contributed by atoms with van der Waals surface area (Å²) in [6.07, 6.45) is 5.91. The standard InChI is InChI=1S/C56H71N3O23S4/c1-55(2)49(57(45-12-10-41-43(53(45)55)32-39(83(63,64)65)34-47(41)85(69,70)71)18-23-79-28-26-77-19-7-20-82-37-38(60)36-59-51(61)14-15-52(59)62)8-6-9-50-56(3,16-21-78-27-29-81-31-30-80-25-24-76-5)54-44-33-40(84(66,67)68)35-48(86(72,73)74)42(44)11-13-46(54)58(50)17-22-75-4/h6,8-13,32-35H,7,14-31,36-37H2,1-5H3,(H3-,63,64,65,66,67,68,69,70,71,72,73,74)/p-3. The average molecular weight is 1280 g/mol. The number of carbonyl (C=O) groups is 3. The van der Waals surface area contributed by atoms with Gasteiger partial charge in [0.25, 0.3) is 0 Å². The lowest BCUT2D eigenvalue weighted by Crippen LogP contribution is -2.35. The lowest BCUT2D eigenvalue weighted by Gasteiger charge is -2.31. The molecule has 4 aromatic carbocycles. The molecule has 0 spiro atoms. The van der Waals surface area contributed by atoms with Gasteiger partial charge in [0.2, 0.25) is 17.5 Å². The molecule has 26 nitrogen and oxygen atoms in total. The van der Waals surface area contributed by atoms with Crippen molar-refractivity contribution in [3.63, 3.8) is 0 Å². The summed E-state index contributed by atoms with van der Waals surface area (Å²) in [5.41, 5.74) is 0.310. The number of rotatable bonds is 35. The molecule has 3 aliphatic heterocycles. The van der Waals surface area contributed by atoms with E-state index >= 15 is 0 Å². The van der Waals surface area contributed by atoms with E-state index < -0.39 is 88.5 Å². The van der Waals surface area contributed by atoms with Crippen LogP contribution in [0.5, 0.6) is 0 Å². The Bertz CT molecular complexity index is 3760. The van der Waals surface area contributed by atoms with Crippen LogP contribution in [0.2, 0.25) is 0 Å². The van der Waals surface area contributed by atoms with E-state index in [1.807, 2.05) is 16.4 Å². The number of likely N-dealkylation sites (tertiary alicyclic amines) is 1. The number of allylic oxidation sites excluding steroid dienone is 4. The molecule has 0 N–H and O–H groups in total. The van der Waals surface area contributed by atoms with Crippen molar-refractivity contribution < 1.29 is 109 Å². The maximum Gasteiger partial charge on any atom is 0.230 e. The highest BCUT2D eigenvalue weighted by Gasteiger charge is 2.47. The summed E-state index contributed by atoms with van der Waals surface area (Å²) in [6, 6.07) is 9.04. The minimum Gasteiger partial charge on any atom is -0.744 e. The molecule has 0 aromatic heterocycles. The van der Waals surface area contributed by atoms with Gasteiger partial charge >= 0.3 is 0 Å². The Kier molecular flexibility index (Phi) is 22.7. The van der Waals surface area contributed by atoms with Gasteiger partial charge in [-0.05, 0) is 97.8 Å². The highest BCUT2D eigenvalue weighted by molar-refractivity contribution is 7.87. The van der Waals surface area contributed by atoms with Gasteiger partial charge in [0.05, 0.1) is 91.0 Å². The summed E-state index contributed by atoms with van der Waals surface area (Å²) >= 11 is 0. The predicted molar refractivity (Wildman–Crippen MR) is 303 cm³/mol. The van der Waals surface area contributed by atoms with Crippen LogP contribution < -0.4 is 4.90 Å². The zero-order valence-electron chi connectivity index (χ0n) is 48.1. The van der Waals surface area contributed by atoms with Gasteiger partial charge in [-0.1, -0.05) is 12.1 Å². The minimum atomic E-state index is -5.37. The molecule has 1 fully saturated rings. The number of ketones is 1. The monoisotopic (exact) mass is 1280 g/mol. The van der Waals surface area contributed by atoms with E-state index in [-0.39, 0.29) is 133 Å². The summed E-state index contributed by atoms with van der Waals surface area (Å²) < 4.78 is 199. The van der Waals surface area contributed by atoms with E-state index in [0.29, 0.717) is 72.3 Å². The molecule has 2 amide bonds. The second-order valence-electron chi connectivity index (χ2n) is 20.9. The molecule has 1 saturated heterocycles. The van der Waals surface area contributed by atoms with Crippen molar-refractivity contribution in [1.29, 1.82) is 0 Å². The molecule has 4 aromatic rings. The average Bonchev–Trinajstić information content (AvgIpc) is 1.52. The Labute approximate surface area is 499 Å². The Morgan fingerprint density at radius 3 is 1.63 bits per heavy atom. The van der Waals surface area contributed by atoms with Gasteiger partial charge in [-0.3, -0.25) is 19.3 Å². The van der Waals surface area contributed by atoms with Crippen LogP contribution in [0.4, 0.5) is 11.4 Å². The quantitative estimate of drug-likeness (QED) is 0.0276. The third kappa shape index (κ3) is 16.0. The highest BCUT2D eigenvalue weighted by atomic mass is 32.2. The predicted octanol–water partition coefficient (Wildman–Crippen LogP) is 3.09. The fraction of sp³-hybridized carbons (Fsp3) is 0.500. The topological polar surface area (TPSA) is 363 Å². The van der Waals surface area contributed by atoms with E-state index in [4.69, 9.17) is 37.9 Å².